The van der Waals surface area contributed by atoms with Gasteiger partial charge in [0.2, 0.25) is 0 Å². The summed E-state index contributed by atoms with van der Waals surface area (Å²) in [5, 5.41) is 4.04. The van der Waals surface area contributed by atoms with Crippen molar-refractivity contribution in [1.82, 2.24) is 19.9 Å². The zero-order valence-corrected chi connectivity index (χ0v) is 13.5. The minimum absolute atomic E-state index is 0.486. The predicted octanol–water partition coefficient (Wildman–Crippen LogP) is 3.35. The van der Waals surface area contributed by atoms with Crippen LogP contribution in [-0.2, 0) is 6.54 Å². The van der Waals surface area contributed by atoms with E-state index in [0.29, 0.717) is 6.54 Å². The van der Waals surface area contributed by atoms with Crippen molar-refractivity contribution in [3.05, 3.63) is 60.8 Å². The Bertz CT molecular complexity index is 983. The molecule has 118 valence electrons. The number of nitrogens with zero attached hydrogens (tertiary/aromatic N) is 4. The molecule has 24 heavy (non-hydrogen) atoms. The van der Waals surface area contributed by atoms with Crippen LogP contribution in [0.2, 0.25) is 0 Å². The van der Waals surface area contributed by atoms with E-state index in [1.165, 1.54) is 6.33 Å². The fraction of sp³-hybridized carbons (Fsp3) is 0.0588. The number of nitrogens with two attached hydrogens (primary N) is 1. The molecule has 4 aromatic rings. The zero-order chi connectivity index (χ0) is 16.4. The molecular weight excluding hydrogens is 320 g/mol. The molecule has 4 rings (SSSR count). The summed E-state index contributed by atoms with van der Waals surface area (Å²) < 4.78 is 1.09. The minimum atomic E-state index is 0.486. The van der Waals surface area contributed by atoms with Crippen LogP contribution in [0.3, 0.4) is 0 Å². The van der Waals surface area contributed by atoms with Gasteiger partial charge < -0.3 is 11.1 Å². The number of nitrogens with one attached hydrogen (secondary N) is 1. The lowest BCUT2D eigenvalue weighted by Crippen LogP contribution is -1.99. The standard InChI is InChI=1S/C17H14N6S/c18-7-11-3-4-21-16(5-11)23-17-22-14-2-1-12(6-15(14)24-17)13-8-19-10-20-9-13/h1-6,8-10H,7,18H2,(H,21,22,23). The molecule has 1 aromatic carbocycles. The van der Waals surface area contributed by atoms with Gasteiger partial charge in [-0.2, -0.15) is 0 Å². The number of benzene rings is 1. The second kappa shape index (κ2) is 6.31. The van der Waals surface area contributed by atoms with Crippen molar-refractivity contribution >= 4 is 32.5 Å². The Morgan fingerprint density at radius 2 is 1.92 bits per heavy atom. The smallest absolute Gasteiger partial charge is 0.189 e. The van der Waals surface area contributed by atoms with E-state index in [-0.39, 0.29) is 0 Å². The summed E-state index contributed by atoms with van der Waals surface area (Å²) in [7, 11) is 0. The van der Waals surface area contributed by atoms with Crippen LogP contribution in [0.15, 0.2) is 55.2 Å². The first-order chi connectivity index (χ1) is 11.8. The Labute approximate surface area is 142 Å². The first kappa shape index (κ1) is 14.7. The van der Waals surface area contributed by atoms with Crippen molar-refractivity contribution < 1.29 is 0 Å². The lowest BCUT2D eigenvalue weighted by atomic mass is 10.1. The van der Waals surface area contributed by atoms with Crippen molar-refractivity contribution in [2.24, 2.45) is 5.73 Å². The summed E-state index contributed by atoms with van der Waals surface area (Å²) in [4.78, 5) is 17.0. The summed E-state index contributed by atoms with van der Waals surface area (Å²) in [5.41, 5.74) is 9.69. The van der Waals surface area contributed by atoms with Gasteiger partial charge in [-0.05, 0) is 35.4 Å². The Balaban J connectivity index is 1.65. The van der Waals surface area contributed by atoms with Gasteiger partial charge in [0.15, 0.2) is 5.13 Å². The second-order valence-electron chi connectivity index (χ2n) is 5.21. The van der Waals surface area contributed by atoms with E-state index in [4.69, 9.17) is 5.73 Å². The molecule has 0 spiro atoms. The van der Waals surface area contributed by atoms with Gasteiger partial charge in [-0.15, -0.1) is 0 Å². The van der Waals surface area contributed by atoms with Crippen LogP contribution in [-0.4, -0.2) is 19.9 Å². The fourth-order valence-electron chi connectivity index (χ4n) is 2.38. The highest BCUT2D eigenvalue weighted by Gasteiger charge is 2.07. The number of anilines is 2. The van der Waals surface area contributed by atoms with Crippen LogP contribution in [0.1, 0.15) is 5.56 Å². The molecule has 0 amide bonds. The monoisotopic (exact) mass is 334 g/mol. The minimum Gasteiger partial charge on any atom is -0.326 e. The van der Waals surface area contributed by atoms with Crippen molar-refractivity contribution in [3.8, 4) is 11.1 Å². The van der Waals surface area contributed by atoms with Crippen LogP contribution in [0.5, 0.6) is 0 Å². The van der Waals surface area contributed by atoms with E-state index in [1.807, 2.05) is 24.3 Å². The number of hydrogen-bond acceptors (Lipinski definition) is 7. The van der Waals surface area contributed by atoms with Gasteiger partial charge in [-0.25, -0.2) is 19.9 Å². The van der Waals surface area contributed by atoms with Crippen LogP contribution >= 0.6 is 11.3 Å². The number of fused-ring (bicyclic) bond motifs is 1. The number of aromatic nitrogens is 4. The van der Waals surface area contributed by atoms with Gasteiger partial charge in [0, 0.05) is 30.7 Å². The molecule has 7 heteroatoms. The third-order valence-corrected chi connectivity index (χ3v) is 4.51. The maximum absolute atomic E-state index is 5.67. The molecular formula is C17H14N6S. The van der Waals surface area contributed by atoms with Gasteiger partial charge >= 0.3 is 0 Å². The number of pyridine rings is 1. The molecule has 0 bridgehead atoms. The van der Waals surface area contributed by atoms with Gasteiger partial charge in [-0.3, -0.25) is 0 Å². The summed E-state index contributed by atoms with van der Waals surface area (Å²) in [6, 6.07) is 9.96. The van der Waals surface area contributed by atoms with Gasteiger partial charge in [0.25, 0.3) is 0 Å². The predicted molar refractivity (Wildman–Crippen MR) is 96.1 cm³/mol. The molecule has 0 fully saturated rings. The molecule has 3 heterocycles. The molecule has 0 aliphatic rings. The van der Waals surface area contributed by atoms with Crippen molar-refractivity contribution in [3.63, 3.8) is 0 Å². The van der Waals surface area contributed by atoms with Crippen LogP contribution in [0, 0.1) is 0 Å². The van der Waals surface area contributed by atoms with E-state index in [0.717, 1.165) is 37.9 Å². The number of thiazole rings is 1. The molecule has 6 nitrogen and oxygen atoms in total. The Morgan fingerprint density at radius 3 is 2.75 bits per heavy atom. The molecule has 3 N–H and O–H groups in total. The second-order valence-corrected chi connectivity index (χ2v) is 6.24. The summed E-state index contributed by atoms with van der Waals surface area (Å²) in [6.45, 7) is 0.486. The fourth-order valence-corrected chi connectivity index (χ4v) is 3.30. The lowest BCUT2D eigenvalue weighted by molar-refractivity contribution is 1.06. The van der Waals surface area contributed by atoms with Crippen molar-refractivity contribution in [2.45, 2.75) is 6.54 Å². The largest absolute Gasteiger partial charge is 0.326 e. The molecule has 0 unspecified atom stereocenters. The van der Waals surface area contributed by atoms with Crippen LogP contribution in [0.25, 0.3) is 21.3 Å². The lowest BCUT2D eigenvalue weighted by Gasteiger charge is -2.02. The Kier molecular flexibility index (Phi) is 3.86. The van der Waals surface area contributed by atoms with E-state index < -0.39 is 0 Å². The quantitative estimate of drug-likeness (QED) is 0.595. The molecule has 0 atom stereocenters. The molecule has 3 aromatic heterocycles. The summed E-state index contributed by atoms with van der Waals surface area (Å²) >= 11 is 1.58. The van der Waals surface area contributed by atoms with E-state index in [1.54, 1.807) is 29.9 Å². The highest BCUT2D eigenvalue weighted by molar-refractivity contribution is 7.22. The zero-order valence-electron chi connectivity index (χ0n) is 12.7. The normalized spacial score (nSPS) is 10.9. The van der Waals surface area contributed by atoms with Crippen molar-refractivity contribution in [2.75, 3.05) is 5.32 Å². The Hall–Kier alpha value is -2.90. The maximum Gasteiger partial charge on any atom is 0.189 e. The average Bonchev–Trinajstić information content (AvgIpc) is 3.04. The van der Waals surface area contributed by atoms with E-state index >= 15 is 0 Å². The topological polar surface area (TPSA) is 89.6 Å². The molecule has 0 aliphatic carbocycles. The van der Waals surface area contributed by atoms with E-state index in [2.05, 4.69) is 31.3 Å². The van der Waals surface area contributed by atoms with Crippen molar-refractivity contribution in [1.29, 1.82) is 0 Å². The maximum atomic E-state index is 5.67. The van der Waals surface area contributed by atoms with Gasteiger partial charge in [-0.1, -0.05) is 17.4 Å². The number of hydrogen-bond donors (Lipinski definition) is 2. The third kappa shape index (κ3) is 2.94. The van der Waals surface area contributed by atoms with Gasteiger partial charge in [0.1, 0.15) is 12.1 Å². The molecule has 0 radical (unpaired) electrons. The number of rotatable bonds is 4. The third-order valence-electron chi connectivity index (χ3n) is 3.58. The Morgan fingerprint density at radius 1 is 1.04 bits per heavy atom. The molecule has 0 saturated heterocycles. The first-order valence-corrected chi connectivity index (χ1v) is 8.21. The highest BCUT2D eigenvalue weighted by Crippen LogP contribution is 2.31. The first-order valence-electron chi connectivity index (χ1n) is 7.40. The van der Waals surface area contributed by atoms with E-state index in [9.17, 15) is 0 Å². The van der Waals surface area contributed by atoms with Crippen LogP contribution < -0.4 is 11.1 Å². The summed E-state index contributed by atoms with van der Waals surface area (Å²) in [5.74, 6) is 0.744. The highest BCUT2D eigenvalue weighted by atomic mass is 32.1. The summed E-state index contributed by atoms with van der Waals surface area (Å²) in [6.07, 6.45) is 6.87. The SMILES string of the molecule is NCc1ccnc(Nc2nc3ccc(-c4cncnc4)cc3s2)c1. The molecule has 0 aliphatic heterocycles. The molecule has 0 saturated carbocycles. The average molecular weight is 334 g/mol. The van der Waals surface area contributed by atoms with Crippen LogP contribution in [0.4, 0.5) is 10.9 Å². The van der Waals surface area contributed by atoms with Gasteiger partial charge in [0.05, 0.1) is 10.2 Å².